The fourth-order valence-corrected chi connectivity index (χ4v) is 1.30. The third kappa shape index (κ3) is 2.63. The van der Waals surface area contributed by atoms with E-state index in [1.54, 1.807) is 0 Å². The van der Waals surface area contributed by atoms with E-state index in [0.717, 1.165) is 16.7 Å². The third-order valence-corrected chi connectivity index (χ3v) is 1.95. The van der Waals surface area contributed by atoms with E-state index in [4.69, 9.17) is 5.26 Å². The number of pyridine rings is 1. The topological polar surface area (TPSA) is 36.7 Å². The molecule has 1 aromatic heterocycles. The molecule has 0 fully saturated rings. The fourth-order valence-electron chi connectivity index (χ4n) is 0.923. The first kappa shape index (κ1) is 9.21. The minimum atomic E-state index is 0.0341. The van der Waals surface area contributed by atoms with E-state index in [1.807, 2.05) is 25.1 Å². The van der Waals surface area contributed by atoms with Gasteiger partial charge in [0.05, 0.1) is 6.07 Å². The van der Waals surface area contributed by atoms with Crippen molar-refractivity contribution >= 4 is 15.9 Å². The van der Waals surface area contributed by atoms with E-state index in [0.29, 0.717) is 0 Å². The second-order valence-corrected chi connectivity index (χ2v) is 3.50. The van der Waals surface area contributed by atoms with Crippen LogP contribution in [0.5, 0.6) is 0 Å². The van der Waals surface area contributed by atoms with Gasteiger partial charge >= 0.3 is 0 Å². The Bertz CT molecular complexity index is 304. The highest BCUT2D eigenvalue weighted by molar-refractivity contribution is 9.10. The summed E-state index contributed by atoms with van der Waals surface area (Å²) in [6, 6.07) is 7.91. The molecule has 0 aliphatic carbocycles. The molecule has 0 saturated heterocycles. The molecule has 1 unspecified atom stereocenters. The summed E-state index contributed by atoms with van der Waals surface area (Å²) in [5.74, 6) is 0.0341. The summed E-state index contributed by atoms with van der Waals surface area (Å²) in [5.41, 5.74) is 0.957. The highest BCUT2D eigenvalue weighted by Crippen LogP contribution is 2.09. The van der Waals surface area contributed by atoms with Gasteiger partial charge in [-0.15, -0.1) is 0 Å². The van der Waals surface area contributed by atoms with Crippen molar-refractivity contribution in [2.45, 2.75) is 13.3 Å². The zero-order valence-corrected chi connectivity index (χ0v) is 8.37. The van der Waals surface area contributed by atoms with Crippen LogP contribution in [0.4, 0.5) is 0 Å². The molecule has 12 heavy (non-hydrogen) atoms. The molecule has 0 N–H and O–H groups in total. The maximum Gasteiger partial charge on any atom is 0.106 e. The van der Waals surface area contributed by atoms with Crippen molar-refractivity contribution in [3.63, 3.8) is 0 Å². The molecule has 1 rings (SSSR count). The Morgan fingerprint density at radius 2 is 2.42 bits per heavy atom. The smallest absolute Gasteiger partial charge is 0.106 e. The fraction of sp³-hybridized carbons (Fsp3) is 0.333. The number of aromatic nitrogens is 1. The van der Waals surface area contributed by atoms with Crippen LogP contribution in [0.25, 0.3) is 0 Å². The van der Waals surface area contributed by atoms with Crippen molar-refractivity contribution in [1.29, 1.82) is 5.26 Å². The normalized spacial score (nSPS) is 12.1. The maximum atomic E-state index is 8.58. The molecule has 0 aromatic carbocycles. The van der Waals surface area contributed by atoms with Gasteiger partial charge in [-0.05, 0) is 35.0 Å². The van der Waals surface area contributed by atoms with Crippen molar-refractivity contribution < 1.29 is 0 Å². The standard InChI is InChI=1S/C9H9BrN2/c1-7(6-11)5-8-3-2-4-9(10)12-8/h2-4,7H,5H2,1H3. The minimum Gasteiger partial charge on any atom is -0.246 e. The largest absolute Gasteiger partial charge is 0.246 e. The number of hydrogen-bond donors (Lipinski definition) is 0. The van der Waals surface area contributed by atoms with Crippen LogP contribution in [0.15, 0.2) is 22.8 Å². The first-order valence-electron chi connectivity index (χ1n) is 3.73. The molecule has 0 radical (unpaired) electrons. The van der Waals surface area contributed by atoms with Crippen LogP contribution in [0.3, 0.4) is 0 Å². The Balaban J connectivity index is 2.71. The van der Waals surface area contributed by atoms with Gasteiger partial charge in [0.1, 0.15) is 4.60 Å². The van der Waals surface area contributed by atoms with Crippen molar-refractivity contribution in [1.82, 2.24) is 4.98 Å². The van der Waals surface area contributed by atoms with Gasteiger partial charge in [0.15, 0.2) is 0 Å². The Kier molecular flexibility index (Phi) is 3.24. The molecule has 0 saturated carbocycles. The number of halogens is 1. The van der Waals surface area contributed by atoms with Crippen molar-refractivity contribution in [3.05, 3.63) is 28.5 Å². The van der Waals surface area contributed by atoms with Gasteiger partial charge < -0.3 is 0 Å². The molecule has 1 atom stereocenters. The summed E-state index contributed by atoms with van der Waals surface area (Å²) in [7, 11) is 0. The van der Waals surface area contributed by atoms with Gasteiger partial charge in [-0.25, -0.2) is 4.98 Å². The van der Waals surface area contributed by atoms with E-state index >= 15 is 0 Å². The average Bonchev–Trinajstić information content (AvgIpc) is 2.04. The van der Waals surface area contributed by atoms with E-state index < -0.39 is 0 Å². The van der Waals surface area contributed by atoms with Crippen LogP contribution >= 0.6 is 15.9 Å². The minimum absolute atomic E-state index is 0.0341. The molecule has 1 heterocycles. The van der Waals surface area contributed by atoms with Crippen LogP contribution < -0.4 is 0 Å². The third-order valence-electron chi connectivity index (χ3n) is 1.51. The van der Waals surface area contributed by atoms with E-state index in [2.05, 4.69) is 27.0 Å². The van der Waals surface area contributed by atoms with E-state index in [1.165, 1.54) is 0 Å². The van der Waals surface area contributed by atoms with Crippen LogP contribution in [0, 0.1) is 17.2 Å². The van der Waals surface area contributed by atoms with Crippen LogP contribution in [-0.2, 0) is 6.42 Å². The first-order valence-corrected chi connectivity index (χ1v) is 4.52. The second-order valence-electron chi connectivity index (χ2n) is 2.69. The molecule has 0 aliphatic heterocycles. The predicted octanol–water partition coefficient (Wildman–Crippen LogP) is 2.55. The highest BCUT2D eigenvalue weighted by atomic mass is 79.9. The predicted molar refractivity (Wildman–Crippen MR) is 50.4 cm³/mol. The Hall–Kier alpha value is -0.880. The van der Waals surface area contributed by atoms with Crippen molar-refractivity contribution in [2.75, 3.05) is 0 Å². The quantitative estimate of drug-likeness (QED) is 0.725. The summed E-state index contributed by atoms with van der Waals surface area (Å²) in [5, 5.41) is 8.58. The molecule has 1 aromatic rings. The zero-order valence-electron chi connectivity index (χ0n) is 6.79. The molecule has 0 spiro atoms. The lowest BCUT2D eigenvalue weighted by Crippen LogP contribution is -1.98. The van der Waals surface area contributed by atoms with Gasteiger partial charge in [-0.3, -0.25) is 0 Å². The summed E-state index contributed by atoms with van der Waals surface area (Å²) in [4.78, 5) is 4.23. The Labute approximate surface area is 80.4 Å². The lowest BCUT2D eigenvalue weighted by atomic mass is 10.1. The zero-order chi connectivity index (χ0) is 8.97. The van der Waals surface area contributed by atoms with Gasteiger partial charge in [0.25, 0.3) is 0 Å². The summed E-state index contributed by atoms with van der Waals surface area (Å²) >= 11 is 3.28. The molecule has 62 valence electrons. The van der Waals surface area contributed by atoms with Crippen molar-refractivity contribution in [3.8, 4) is 6.07 Å². The molecule has 0 amide bonds. The molecule has 0 aliphatic rings. The monoisotopic (exact) mass is 224 g/mol. The maximum absolute atomic E-state index is 8.58. The molecule has 2 nitrogen and oxygen atoms in total. The number of nitrogens with zero attached hydrogens (tertiary/aromatic N) is 2. The van der Waals surface area contributed by atoms with Gasteiger partial charge in [0, 0.05) is 18.0 Å². The molecular weight excluding hydrogens is 216 g/mol. The summed E-state index contributed by atoms with van der Waals surface area (Å²) in [6.07, 6.45) is 0.718. The Morgan fingerprint density at radius 3 is 3.00 bits per heavy atom. The van der Waals surface area contributed by atoms with E-state index in [-0.39, 0.29) is 5.92 Å². The number of hydrogen-bond acceptors (Lipinski definition) is 2. The average molecular weight is 225 g/mol. The highest BCUT2D eigenvalue weighted by Gasteiger charge is 2.02. The summed E-state index contributed by atoms with van der Waals surface area (Å²) in [6.45, 7) is 1.89. The lowest BCUT2D eigenvalue weighted by Gasteiger charge is -2.01. The molecule has 0 bridgehead atoms. The van der Waals surface area contributed by atoms with Crippen LogP contribution in [0.1, 0.15) is 12.6 Å². The molecule has 3 heteroatoms. The summed E-state index contributed by atoms with van der Waals surface area (Å²) < 4.78 is 0.824. The first-order chi connectivity index (χ1) is 5.72. The SMILES string of the molecule is CC(C#N)Cc1cccc(Br)n1. The lowest BCUT2D eigenvalue weighted by molar-refractivity contribution is 0.720. The van der Waals surface area contributed by atoms with Gasteiger partial charge in [0.2, 0.25) is 0 Å². The van der Waals surface area contributed by atoms with Gasteiger partial charge in [-0.1, -0.05) is 6.07 Å². The van der Waals surface area contributed by atoms with Crippen molar-refractivity contribution in [2.24, 2.45) is 5.92 Å². The Morgan fingerprint density at radius 1 is 1.67 bits per heavy atom. The molecular formula is C9H9BrN2. The van der Waals surface area contributed by atoms with Crippen LogP contribution in [0.2, 0.25) is 0 Å². The van der Waals surface area contributed by atoms with Gasteiger partial charge in [-0.2, -0.15) is 5.26 Å². The number of nitriles is 1. The van der Waals surface area contributed by atoms with E-state index in [9.17, 15) is 0 Å². The van der Waals surface area contributed by atoms with Crippen LogP contribution in [-0.4, -0.2) is 4.98 Å². The number of rotatable bonds is 2. The second kappa shape index (κ2) is 4.22.